The summed E-state index contributed by atoms with van der Waals surface area (Å²) >= 11 is 0. The quantitative estimate of drug-likeness (QED) is 0.0701. The van der Waals surface area contributed by atoms with Crippen LogP contribution in [0.15, 0.2) is 98.0 Å². The molecule has 1 amide bonds. The van der Waals surface area contributed by atoms with Crippen molar-refractivity contribution >= 4 is 59.2 Å². The molecular weight excluding hydrogens is 1480 g/mol. The van der Waals surface area contributed by atoms with Gasteiger partial charge in [-0.2, -0.15) is 18.7 Å². The molecule has 10 saturated heterocycles. The van der Waals surface area contributed by atoms with E-state index in [1.54, 1.807) is 76.3 Å². The summed E-state index contributed by atoms with van der Waals surface area (Å²) in [5.74, 6) is 5.34. The molecule has 12 fully saturated rings. The maximum absolute atomic E-state index is 14.6. The summed E-state index contributed by atoms with van der Waals surface area (Å²) in [5, 5.41) is 0. The van der Waals surface area contributed by atoms with Crippen molar-refractivity contribution in [2.75, 3.05) is 153 Å². The first kappa shape index (κ1) is 77.7. The van der Waals surface area contributed by atoms with Crippen LogP contribution in [0.5, 0.6) is 0 Å². The summed E-state index contributed by atoms with van der Waals surface area (Å²) in [7, 11) is 1.77. The van der Waals surface area contributed by atoms with Gasteiger partial charge in [0.2, 0.25) is 41.6 Å². The van der Waals surface area contributed by atoms with Crippen LogP contribution in [0.2, 0.25) is 0 Å². The number of methoxy groups -OCH3 is 1. The smallest absolute Gasteiger partial charge is 0.287 e. The summed E-state index contributed by atoms with van der Waals surface area (Å²) in [6.07, 6.45) is 22.2. The first-order valence-corrected chi connectivity index (χ1v) is 40.6. The number of likely N-dealkylation sites (tertiary alicyclic amines) is 2. The van der Waals surface area contributed by atoms with Crippen molar-refractivity contribution in [2.24, 2.45) is 23.7 Å². The number of rotatable bonds is 16. The predicted octanol–water partition coefficient (Wildman–Crippen LogP) is 8.91. The van der Waals surface area contributed by atoms with Crippen molar-refractivity contribution < 1.29 is 32.2 Å². The molecule has 3 unspecified atom stereocenters. The number of hydrogen-bond acceptors (Lipinski definition) is 30. The fourth-order valence-corrected chi connectivity index (χ4v) is 18.2. The summed E-state index contributed by atoms with van der Waals surface area (Å²) in [5.41, 5.74) is 28.8. The normalized spacial score (nSPS) is 25.7. The summed E-state index contributed by atoms with van der Waals surface area (Å²) in [6.45, 7) is 19.1. The number of piperidine rings is 4. The molecule has 0 spiro atoms. The summed E-state index contributed by atoms with van der Waals surface area (Å²) < 4.78 is 59.8. The summed E-state index contributed by atoms with van der Waals surface area (Å²) in [4.78, 5) is 99.2. The molecule has 12 aliphatic rings. The number of nitrogens with zero attached hydrogens (tertiary/aromatic N) is 23. The fraction of sp³-hybridized carbons (Fsp3) is 0.524. The number of alkyl halides is 3. The third kappa shape index (κ3) is 17.2. The van der Waals surface area contributed by atoms with Crippen molar-refractivity contribution in [1.29, 1.82) is 0 Å². The molecule has 21 rings (SSSR count). The standard InChI is InChI=1S/C23H24F2N6O.C21H27N7O.C19H24FN7O.C19H25N7O/c1-14-28-18(11-19(29-14)17-12-27-22(26)30-20(17)23(2,24)25)16-9-6-10-31(13-16)21(32)15-7-4-3-5-8-15;1-29-3-2-27-10-15-16(11-27)19(15)18-6-17(13-7-23-20(22)24-8-13)25-21(26-18)28-9-12-4-14(28)5-12;1-19(20)3-2-4-26(11-19)18-24-15(12-7-22-17(21)23-8-12)6-16(25-18)27-9-14-5-13(27)10-28-14;1-12-2-4-25(5-3-12)19-23-16(13-8-21-18(20)22-9-13)7-17(24-19)26-10-15-6-14(26)11-27-15/h3-5,7-8,11-12,16H,6,9-10,13H2,1-2H3,(H2,26,27,30);6-8,12,14-16,19H,2-5,9-11H2,1H3,(H2,22,23,24);6-8,13-14H,2-5,9-11H2,1H3,(H2,21,22,23);7-9,12,14-15H,2-6,10-11H2,1H3,(H2,20,21,22)/t;12?,14?,15-,16+,19?;13-,14-,19?;14-,15-/m..00/s1. The zero-order valence-electron chi connectivity index (χ0n) is 66.1. The number of halogens is 3. The van der Waals surface area contributed by atoms with Crippen LogP contribution >= 0.6 is 0 Å². The largest absolute Gasteiger partial charge is 0.383 e. The molecule has 116 heavy (non-hydrogen) atoms. The van der Waals surface area contributed by atoms with Crippen molar-refractivity contribution in [2.45, 2.75) is 146 Å². The zero-order valence-corrected chi connectivity index (χ0v) is 66.1. The first-order chi connectivity index (χ1) is 56.0. The number of nitrogens with two attached hydrogens (primary N) is 4. The number of anilines is 9. The maximum atomic E-state index is 14.6. The molecule has 31 nitrogen and oxygen atoms in total. The summed E-state index contributed by atoms with van der Waals surface area (Å²) in [6, 6.07) is 18.4. The van der Waals surface area contributed by atoms with Crippen LogP contribution in [-0.2, 0) is 20.1 Å². The van der Waals surface area contributed by atoms with E-state index in [1.165, 1.54) is 37.6 Å². The van der Waals surface area contributed by atoms with Crippen molar-refractivity contribution in [3.63, 3.8) is 0 Å². The van der Waals surface area contributed by atoms with E-state index in [-0.39, 0.29) is 47.3 Å². The number of amides is 1. The van der Waals surface area contributed by atoms with E-state index in [2.05, 4.69) is 87.3 Å². The lowest BCUT2D eigenvalue weighted by atomic mass is 9.86. The molecule has 1 aromatic carbocycles. The lowest BCUT2D eigenvalue weighted by Crippen LogP contribution is -2.44. The third-order valence-electron chi connectivity index (χ3n) is 24.5. The molecule has 0 radical (unpaired) electrons. The highest BCUT2D eigenvalue weighted by Crippen LogP contribution is 2.58. The monoisotopic (exact) mass is 1580 g/mol. The Balaban J connectivity index is 0.000000111. The molecule has 34 heteroatoms. The Morgan fingerprint density at radius 1 is 0.578 bits per heavy atom. The minimum absolute atomic E-state index is 0.0267. The Kier molecular flexibility index (Phi) is 21.9. The van der Waals surface area contributed by atoms with Crippen LogP contribution in [0.4, 0.5) is 66.4 Å². The van der Waals surface area contributed by atoms with Crippen LogP contribution in [0.3, 0.4) is 0 Å². The van der Waals surface area contributed by atoms with Crippen molar-refractivity contribution in [1.82, 2.24) is 89.5 Å². The van der Waals surface area contributed by atoms with Crippen LogP contribution in [-0.4, -0.2) is 237 Å². The van der Waals surface area contributed by atoms with Crippen LogP contribution < -0.4 is 47.4 Å². The van der Waals surface area contributed by atoms with Gasteiger partial charge < -0.3 is 71.4 Å². The van der Waals surface area contributed by atoms with E-state index >= 15 is 0 Å². The number of ether oxygens (including phenoxy) is 3. The Hall–Kier alpha value is -10.8. The fourth-order valence-electron chi connectivity index (χ4n) is 18.2. The Morgan fingerprint density at radius 2 is 1.14 bits per heavy atom. The van der Waals surface area contributed by atoms with Gasteiger partial charge in [-0.15, -0.1) is 0 Å². The molecule has 8 aromatic heterocycles. The second-order valence-corrected chi connectivity index (χ2v) is 33.2. The number of aromatic nitrogens is 16. The number of carbonyl (C=O) groups excluding carboxylic acids is 1. The van der Waals surface area contributed by atoms with Crippen LogP contribution in [0.25, 0.3) is 45.0 Å². The molecule has 2 aliphatic carbocycles. The Morgan fingerprint density at radius 3 is 1.67 bits per heavy atom. The Labute approximate surface area is 671 Å². The van der Waals surface area contributed by atoms with E-state index in [0.717, 1.165) is 187 Å². The molecule has 10 aliphatic heterocycles. The molecule has 2 saturated carbocycles. The zero-order chi connectivity index (χ0) is 80.1. The van der Waals surface area contributed by atoms with Gasteiger partial charge in [0.05, 0.1) is 79.1 Å². The number of aryl methyl sites for hydroxylation is 1. The number of benzene rings is 1. The van der Waals surface area contributed by atoms with Crippen LogP contribution in [0.1, 0.15) is 130 Å². The first-order valence-electron chi connectivity index (χ1n) is 40.6. The molecular formula is C82H100F3N27O4. The number of morpholine rings is 2. The topological polar surface area (TPSA) is 378 Å². The highest BCUT2D eigenvalue weighted by molar-refractivity contribution is 5.94. The maximum Gasteiger partial charge on any atom is 0.287 e. The van der Waals surface area contributed by atoms with Crippen molar-refractivity contribution in [3.8, 4) is 45.0 Å². The van der Waals surface area contributed by atoms with Gasteiger partial charge in [0, 0.05) is 193 Å². The highest BCUT2D eigenvalue weighted by Gasteiger charge is 2.57. The predicted molar refractivity (Wildman–Crippen MR) is 433 cm³/mol. The minimum Gasteiger partial charge on any atom is -0.383 e. The van der Waals surface area contributed by atoms with Gasteiger partial charge in [-0.25, -0.2) is 74.2 Å². The molecule has 9 atom stereocenters. The second kappa shape index (κ2) is 32.7. The van der Waals surface area contributed by atoms with Gasteiger partial charge in [-0.05, 0) is 126 Å². The van der Waals surface area contributed by atoms with Crippen LogP contribution in [0, 0.1) is 30.6 Å². The number of carbonyl (C=O) groups is 1. The number of fused-ring (bicyclic) bond motifs is 6. The van der Waals surface area contributed by atoms with Gasteiger partial charge in [0.15, 0.2) is 0 Å². The van der Waals surface area contributed by atoms with Gasteiger partial charge in [0.1, 0.15) is 28.8 Å². The van der Waals surface area contributed by atoms with Gasteiger partial charge in [-0.1, -0.05) is 25.1 Å². The Bertz CT molecular complexity index is 4960. The minimum atomic E-state index is -3.21. The van der Waals surface area contributed by atoms with E-state index < -0.39 is 17.3 Å². The average molecular weight is 1580 g/mol. The van der Waals surface area contributed by atoms with Crippen molar-refractivity contribution in [3.05, 3.63) is 126 Å². The van der Waals surface area contributed by atoms with Gasteiger partial charge >= 0.3 is 0 Å². The number of hydrogen-bond donors (Lipinski definition) is 4. The van der Waals surface area contributed by atoms with Gasteiger partial charge in [-0.3, -0.25) is 4.79 Å². The highest BCUT2D eigenvalue weighted by atomic mass is 19.3. The van der Waals surface area contributed by atoms with E-state index in [1.807, 2.05) is 40.1 Å². The lowest BCUT2D eigenvalue weighted by Gasteiger charge is -2.36. The SMILES string of the molecule is CC1(F)CCCN(c2nc(-c3cnc(N)nc3)cc(N3C[C@@H]4C[C@H]3CO4)n2)C1.CC1CCN(c2nc(-c3cnc(N)nc3)cc(N3C[C@@H]4C[C@H]3CO4)n2)CC1.COCCN1C[C@@H]2C(c3cc(-c4cnc(N)nc4)nc(N4CC5CC4C5)n3)[C@@H]2C1.Cc1nc(-c2cnc(N)nc2C(C)(F)F)cc(C2CCCN(C(=O)c3ccccc3)C2)n1. The number of nitrogen functional groups attached to an aromatic ring is 4. The molecule has 608 valence electrons. The van der Waals surface area contributed by atoms with E-state index in [0.29, 0.717) is 96.8 Å². The molecule has 18 heterocycles. The second-order valence-electron chi connectivity index (χ2n) is 33.2. The molecule has 8 N–H and O–H groups in total. The van der Waals surface area contributed by atoms with E-state index in [9.17, 15) is 18.0 Å². The average Bonchev–Trinajstić information content (AvgIpc) is 1.56. The molecule has 6 bridgehead atoms. The molecule has 9 aromatic rings. The third-order valence-corrected chi connectivity index (χ3v) is 24.5. The van der Waals surface area contributed by atoms with Gasteiger partial charge in [0.25, 0.3) is 11.8 Å². The van der Waals surface area contributed by atoms with E-state index in [4.69, 9.17) is 67.0 Å². The lowest BCUT2D eigenvalue weighted by molar-refractivity contribution is 0.0134.